The molecule has 4 rings (SSSR count). The van der Waals surface area contributed by atoms with Crippen molar-refractivity contribution in [2.75, 3.05) is 11.4 Å². The lowest BCUT2D eigenvalue weighted by atomic mass is 9.77. The van der Waals surface area contributed by atoms with Crippen LogP contribution in [0.3, 0.4) is 0 Å². The van der Waals surface area contributed by atoms with Gasteiger partial charge in [-0.05, 0) is 69.3 Å². The van der Waals surface area contributed by atoms with Crippen LogP contribution >= 0.6 is 11.6 Å². The summed E-state index contributed by atoms with van der Waals surface area (Å²) in [6.07, 6.45) is 3.37. The van der Waals surface area contributed by atoms with Crippen LogP contribution < -0.4 is 10.4 Å². The van der Waals surface area contributed by atoms with E-state index in [-0.39, 0.29) is 18.3 Å². The lowest BCUT2D eigenvalue weighted by Crippen LogP contribution is -2.41. The fourth-order valence-corrected chi connectivity index (χ4v) is 4.29. The van der Waals surface area contributed by atoms with E-state index in [1.165, 1.54) is 16.8 Å². The van der Waals surface area contributed by atoms with Gasteiger partial charge in [0.2, 0.25) is 0 Å². The Balaban J connectivity index is 1.59. The number of allylic oxidation sites excluding steroid dienone is 1. The normalized spacial score (nSPS) is 19.5. The first-order valence-corrected chi connectivity index (χ1v) is 10.5. The summed E-state index contributed by atoms with van der Waals surface area (Å²) in [6, 6.07) is 8.33. The molecule has 4 nitrogen and oxygen atoms in total. The highest BCUT2D eigenvalue weighted by Gasteiger charge is 2.52. The van der Waals surface area contributed by atoms with E-state index in [9.17, 15) is 0 Å². The lowest BCUT2D eigenvalue weighted by molar-refractivity contribution is 0.00578. The summed E-state index contributed by atoms with van der Waals surface area (Å²) in [5, 5.41) is 0.543. The van der Waals surface area contributed by atoms with Crippen LogP contribution in [-0.4, -0.2) is 29.8 Å². The summed E-state index contributed by atoms with van der Waals surface area (Å²) < 4.78 is 12.5. The number of aryl methyl sites for hydroxylation is 1. The smallest absolute Gasteiger partial charge is 0.399 e. The third-order valence-electron chi connectivity index (χ3n) is 6.41. The van der Waals surface area contributed by atoms with Crippen molar-refractivity contribution in [3.05, 3.63) is 64.6 Å². The van der Waals surface area contributed by atoms with E-state index in [1.807, 2.05) is 12.1 Å². The Hall–Kier alpha value is -1.82. The molecular formula is C23H28BClN2O2. The molecule has 3 heterocycles. The van der Waals surface area contributed by atoms with Crippen molar-refractivity contribution in [1.82, 2.24) is 4.98 Å². The van der Waals surface area contributed by atoms with E-state index < -0.39 is 0 Å². The van der Waals surface area contributed by atoms with Gasteiger partial charge in [0.1, 0.15) is 5.15 Å². The standard InChI is InChI=1S/C23H28BClN2O2/c1-15-12-19(24-28-22(3,4)23(5,6)29-24)14-17-9-11-27(20(15)17)16(2)13-18-8-7-10-26-21(18)25/h7-8,10,12,14H,2,9,11,13H2,1,3-6H3. The number of halogens is 1. The van der Waals surface area contributed by atoms with Crippen molar-refractivity contribution >= 4 is 29.9 Å². The fourth-order valence-electron chi connectivity index (χ4n) is 4.10. The van der Waals surface area contributed by atoms with E-state index in [1.54, 1.807) is 6.20 Å². The zero-order valence-electron chi connectivity index (χ0n) is 17.9. The molecule has 0 unspecified atom stereocenters. The van der Waals surface area contributed by atoms with Crippen LogP contribution in [0.25, 0.3) is 0 Å². The van der Waals surface area contributed by atoms with Crippen LogP contribution in [0.4, 0.5) is 5.69 Å². The van der Waals surface area contributed by atoms with Gasteiger partial charge in [0, 0.05) is 30.5 Å². The molecule has 152 valence electrons. The van der Waals surface area contributed by atoms with Crippen molar-refractivity contribution in [2.24, 2.45) is 0 Å². The summed E-state index contributed by atoms with van der Waals surface area (Å²) in [4.78, 5) is 6.49. The first kappa shape index (κ1) is 20.5. The summed E-state index contributed by atoms with van der Waals surface area (Å²) in [6.45, 7) is 15.7. The van der Waals surface area contributed by atoms with Gasteiger partial charge >= 0.3 is 7.12 Å². The van der Waals surface area contributed by atoms with Crippen molar-refractivity contribution in [1.29, 1.82) is 0 Å². The SMILES string of the molecule is C=C(Cc1cccnc1Cl)N1CCc2cc(B3OC(C)(C)C(C)(C)O3)cc(C)c21. The minimum atomic E-state index is -0.339. The predicted molar refractivity (Wildman–Crippen MR) is 120 cm³/mol. The van der Waals surface area contributed by atoms with Crippen molar-refractivity contribution in [3.8, 4) is 0 Å². The first-order chi connectivity index (χ1) is 13.6. The van der Waals surface area contributed by atoms with Crippen LogP contribution in [0.1, 0.15) is 44.4 Å². The molecule has 29 heavy (non-hydrogen) atoms. The largest absolute Gasteiger partial charge is 0.494 e. The maximum absolute atomic E-state index is 6.26. The molecule has 0 bridgehead atoms. The van der Waals surface area contributed by atoms with Gasteiger partial charge in [-0.25, -0.2) is 4.98 Å². The number of anilines is 1. The second-order valence-electron chi connectivity index (χ2n) is 9.03. The van der Waals surface area contributed by atoms with Gasteiger partial charge < -0.3 is 14.2 Å². The molecule has 0 aliphatic carbocycles. The second kappa shape index (κ2) is 7.15. The number of fused-ring (bicyclic) bond motifs is 1. The van der Waals surface area contributed by atoms with Crippen LogP contribution in [0, 0.1) is 6.92 Å². The molecule has 0 saturated carbocycles. The third kappa shape index (κ3) is 3.60. The fraction of sp³-hybridized carbons (Fsp3) is 0.435. The van der Waals surface area contributed by atoms with Crippen molar-refractivity contribution in [2.45, 2.75) is 58.7 Å². The third-order valence-corrected chi connectivity index (χ3v) is 6.75. The predicted octanol–water partition coefficient (Wildman–Crippen LogP) is 4.46. The number of nitrogens with zero attached hydrogens (tertiary/aromatic N) is 2. The molecule has 2 aliphatic rings. The molecule has 6 heteroatoms. The first-order valence-electron chi connectivity index (χ1n) is 10.1. The molecule has 2 aliphatic heterocycles. The Morgan fingerprint density at radius 2 is 1.93 bits per heavy atom. The summed E-state index contributed by atoms with van der Waals surface area (Å²) in [5.41, 5.74) is 6.21. The zero-order valence-corrected chi connectivity index (χ0v) is 18.6. The van der Waals surface area contributed by atoms with Gasteiger partial charge in [-0.3, -0.25) is 0 Å². The van der Waals surface area contributed by atoms with Gasteiger partial charge in [0.15, 0.2) is 0 Å². The van der Waals surface area contributed by atoms with Gasteiger partial charge in [-0.15, -0.1) is 0 Å². The van der Waals surface area contributed by atoms with Crippen molar-refractivity contribution < 1.29 is 9.31 Å². The number of rotatable bonds is 4. The number of hydrogen-bond donors (Lipinski definition) is 0. The molecule has 0 atom stereocenters. The summed E-state index contributed by atoms with van der Waals surface area (Å²) >= 11 is 6.25. The average molecular weight is 411 g/mol. The molecule has 1 saturated heterocycles. The number of aromatic nitrogens is 1. The molecular weight excluding hydrogens is 383 g/mol. The quantitative estimate of drug-likeness (QED) is 0.550. The van der Waals surface area contributed by atoms with Crippen LogP contribution in [0.5, 0.6) is 0 Å². The van der Waals surface area contributed by atoms with Crippen molar-refractivity contribution in [3.63, 3.8) is 0 Å². The highest BCUT2D eigenvalue weighted by atomic mass is 35.5. The molecule has 2 aromatic rings. The van der Waals surface area contributed by atoms with E-state index in [4.69, 9.17) is 20.9 Å². The maximum atomic E-state index is 6.26. The monoisotopic (exact) mass is 410 g/mol. The number of benzene rings is 1. The summed E-state index contributed by atoms with van der Waals surface area (Å²) in [7, 11) is -0.338. The Morgan fingerprint density at radius 3 is 2.59 bits per heavy atom. The van der Waals surface area contributed by atoms with Gasteiger partial charge in [-0.1, -0.05) is 36.4 Å². The number of hydrogen-bond acceptors (Lipinski definition) is 4. The van der Waals surface area contributed by atoms with Gasteiger partial charge in [-0.2, -0.15) is 0 Å². The van der Waals surface area contributed by atoms with Crippen LogP contribution in [-0.2, 0) is 22.2 Å². The second-order valence-corrected chi connectivity index (χ2v) is 9.39. The van der Waals surface area contributed by atoms with Gasteiger partial charge in [0.05, 0.1) is 11.2 Å². The van der Waals surface area contributed by atoms with Gasteiger partial charge in [0.25, 0.3) is 0 Å². The maximum Gasteiger partial charge on any atom is 0.494 e. The number of pyridine rings is 1. The van der Waals surface area contributed by atoms with Crippen LogP contribution in [0.2, 0.25) is 5.15 Å². The molecule has 1 aromatic heterocycles. The molecule has 1 fully saturated rings. The minimum Gasteiger partial charge on any atom is -0.399 e. The van der Waals surface area contributed by atoms with E-state index in [2.05, 4.69) is 63.2 Å². The Labute approximate surface area is 179 Å². The zero-order chi connectivity index (χ0) is 21.0. The summed E-state index contributed by atoms with van der Waals surface area (Å²) in [5.74, 6) is 0. The molecule has 0 radical (unpaired) electrons. The van der Waals surface area contributed by atoms with E-state index in [0.29, 0.717) is 11.6 Å². The highest BCUT2D eigenvalue weighted by molar-refractivity contribution is 6.62. The van der Waals surface area contributed by atoms with Crippen LogP contribution in [0.15, 0.2) is 42.7 Å². The molecule has 0 amide bonds. The van der Waals surface area contributed by atoms with E-state index >= 15 is 0 Å². The average Bonchev–Trinajstić information content (AvgIpc) is 3.15. The Morgan fingerprint density at radius 1 is 1.24 bits per heavy atom. The lowest BCUT2D eigenvalue weighted by Gasteiger charge is -2.32. The molecule has 0 spiro atoms. The minimum absolute atomic E-state index is 0.338. The van der Waals surface area contributed by atoms with E-state index in [0.717, 1.165) is 29.7 Å². The Kier molecular flexibility index (Phi) is 5.05. The molecule has 0 N–H and O–H groups in total. The topological polar surface area (TPSA) is 34.6 Å². The Bertz CT molecular complexity index is 957. The molecule has 1 aromatic carbocycles. The highest BCUT2D eigenvalue weighted by Crippen LogP contribution is 2.38.